The van der Waals surface area contributed by atoms with Gasteiger partial charge in [0.15, 0.2) is 0 Å². The monoisotopic (exact) mass is 273 g/mol. The number of rotatable bonds is 5. The van der Waals surface area contributed by atoms with Gasteiger partial charge in [-0.3, -0.25) is 9.80 Å². The molecule has 2 aliphatic rings. The molecule has 0 radical (unpaired) electrons. The van der Waals surface area contributed by atoms with Gasteiger partial charge in [0.05, 0.1) is 0 Å². The van der Waals surface area contributed by atoms with E-state index in [4.69, 9.17) is 5.73 Å². The van der Waals surface area contributed by atoms with Gasteiger partial charge in [0.1, 0.15) is 0 Å². The highest BCUT2D eigenvalue weighted by Crippen LogP contribution is 2.34. The molecule has 20 heavy (non-hydrogen) atoms. The van der Waals surface area contributed by atoms with E-state index in [0.717, 1.165) is 25.7 Å². The number of nitrogens with two attached hydrogens (primary N) is 1. The predicted molar refractivity (Wildman–Crippen MR) is 83.5 cm³/mol. The fourth-order valence-corrected chi connectivity index (χ4v) is 3.68. The molecule has 1 saturated carbocycles. The first-order valence-electron chi connectivity index (χ1n) is 7.93. The Morgan fingerprint density at radius 1 is 1.30 bits per heavy atom. The summed E-state index contributed by atoms with van der Waals surface area (Å²) in [7, 11) is 2.29. The molecule has 2 fully saturated rings. The molecule has 1 aliphatic carbocycles. The van der Waals surface area contributed by atoms with Crippen molar-refractivity contribution in [1.29, 1.82) is 0 Å². The highest BCUT2D eigenvalue weighted by Gasteiger charge is 2.43. The van der Waals surface area contributed by atoms with Crippen LogP contribution >= 0.6 is 0 Å². The second kappa shape index (κ2) is 5.84. The van der Waals surface area contributed by atoms with Crippen molar-refractivity contribution >= 4 is 0 Å². The number of likely N-dealkylation sites (tertiary alicyclic amines) is 1. The predicted octanol–water partition coefficient (Wildman–Crippen LogP) is 2.07. The smallest absolute Gasteiger partial charge is 0.0470 e. The zero-order valence-electron chi connectivity index (χ0n) is 12.6. The van der Waals surface area contributed by atoms with Crippen LogP contribution in [0.25, 0.3) is 0 Å². The van der Waals surface area contributed by atoms with Gasteiger partial charge in [-0.25, -0.2) is 0 Å². The second-order valence-electron chi connectivity index (χ2n) is 6.57. The molecular weight excluding hydrogens is 246 g/mol. The Balaban J connectivity index is 1.64. The van der Waals surface area contributed by atoms with Gasteiger partial charge in [0.2, 0.25) is 0 Å². The standard InChI is InChI=1S/C17H27N3/c1-19(16-8-5-9-16)17(13-18)10-11-20(14-17)12-15-6-3-2-4-7-15/h2-4,6-7,16H,5,8-14,18H2,1H3. The lowest BCUT2D eigenvalue weighted by Crippen LogP contribution is -2.58. The highest BCUT2D eigenvalue weighted by molar-refractivity contribution is 5.15. The molecule has 1 aromatic carbocycles. The van der Waals surface area contributed by atoms with E-state index < -0.39 is 0 Å². The van der Waals surface area contributed by atoms with Crippen LogP contribution < -0.4 is 5.73 Å². The zero-order valence-corrected chi connectivity index (χ0v) is 12.6. The molecule has 1 aromatic rings. The van der Waals surface area contributed by atoms with E-state index in [2.05, 4.69) is 47.2 Å². The van der Waals surface area contributed by atoms with Gasteiger partial charge in [-0.05, 0) is 31.9 Å². The molecule has 3 nitrogen and oxygen atoms in total. The molecule has 3 heteroatoms. The molecule has 110 valence electrons. The van der Waals surface area contributed by atoms with Crippen LogP contribution in [0.2, 0.25) is 0 Å². The third-order valence-electron chi connectivity index (χ3n) is 5.41. The van der Waals surface area contributed by atoms with Gasteiger partial charge >= 0.3 is 0 Å². The maximum Gasteiger partial charge on any atom is 0.0470 e. The second-order valence-corrected chi connectivity index (χ2v) is 6.57. The number of likely N-dealkylation sites (N-methyl/N-ethyl adjacent to an activating group) is 1. The van der Waals surface area contributed by atoms with E-state index in [-0.39, 0.29) is 5.54 Å². The summed E-state index contributed by atoms with van der Waals surface area (Å²) in [5.41, 5.74) is 7.79. The van der Waals surface area contributed by atoms with Crippen molar-refractivity contribution in [2.24, 2.45) is 5.73 Å². The molecule has 0 spiro atoms. The van der Waals surface area contributed by atoms with Crippen LogP contribution in [0.5, 0.6) is 0 Å². The van der Waals surface area contributed by atoms with Crippen molar-refractivity contribution in [3.63, 3.8) is 0 Å². The van der Waals surface area contributed by atoms with Gasteiger partial charge in [0.25, 0.3) is 0 Å². The first-order chi connectivity index (χ1) is 9.73. The summed E-state index contributed by atoms with van der Waals surface area (Å²) in [5.74, 6) is 0. The third-order valence-corrected chi connectivity index (χ3v) is 5.41. The summed E-state index contributed by atoms with van der Waals surface area (Å²) in [6, 6.07) is 11.6. The molecule has 2 N–H and O–H groups in total. The van der Waals surface area contributed by atoms with Crippen LogP contribution in [0.15, 0.2) is 30.3 Å². The SMILES string of the molecule is CN(C1CCC1)C1(CN)CCN(Cc2ccccc2)C1. The lowest BCUT2D eigenvalue weighted by atomic mass is 9.86. The van der Waals surface area contributed by atoms with Crippen molar-refractivity contribution in [2.45, 2.75) is 43.8 Å². The minimum Gasteiger partial charge on any atom is -0.329 e. The molecule has 1 saturated heterocycles. The van der Waals surface area contributed by atoms with E-state index in [9.17, 15) is 0 Å². The molecule has 0 amide bonds. The van der Waals surface area contributed by atoms with E-state index in [0.29, 0.717) is 0 Å². The van der Waals surface area contributed by atoms with E-state index in [1.54, 1.807) is 0 Å². The van der Waals surface area contributed by atoms with Crippen molar-refractivity contribution < 1.29 is 0 Å². The average molecular weight is 273 g/mol. The maximum atomic E-state index is 6.17. The van der Waals surface area contributed by atoms with Gasteiger partial charge in [0, 0.05) is 37.8 Å². The first kappa shape index (κ1) is 14.1. The fourth-order valence-electron chi connectivity index (χ4n) is 3.68. The van der Waals surface area contributed by atoms with Gasteiger partial charge < -0.3 is 5.73 Å². The van der Waals surface area contributed by atoms with Crippen LogP contribution in [0.3, 0.4) is 0 Å². The fraction of sp³-hybridized carbons (Fsp3) is 0.647. The Labute approximate surface area is 122 Å². The molecule has 1 atom stereocenters. The molecule has 0 aromatic heterocycles. The largest absolute Gasteiger partial charge is 0.329 e. The van der Waals surface area contributed by atoms with Crippen molar-refractivity contribution in [2.75, 3.05) is 26.7 Å². The minimum atomic E-state index is 0.208. The Hall–Kier alpha value is -0.900. The Morgan fingerprint density at radius 3 is 2.65 bits per heavy atom. The van der Waals surface area contributed by atoms with E-state index in [1.165, 1.54) is 37.8 Å². The average Bonchev–Trinajstić information content (AvgIpc) is 2.82. The summed E-state index contributed by atoms with van der Waals surface area (Å²) < 4.78 is 0. The highest BCUT2D eigenvalue weighted by atomic mass is 15.3. The van der Waals surface area contributed by atoms with Crippen molar-refractivity contribution in [3.05, 3.63) is 35.9 Å². The zero-order chi connectivity index (χ0) is 14.0. The number of benzene rings is 1. The lowest BCUT2D eigenvalue weighted by molar-refractivity contribution is 0.0427. The molecule has 1 heterocycles. The third kappa shape index (κ3) is 2.62. The van der Waals surface area contributed by atoms with E-state index >= 15 is 0 Å². The van der Waals surface area contributed by atoms with Crippen molar-refractivity contribution in [3.8, 4) is 0 Å². The summed E-state index contributed by atoms with van der Waals surface area (Å²) in [4.78, 5) is 5.17. The summed E-state index contributed by atoms with van der Waals surface area (Å²) in [5, 5.41) is 0. The number of hydrogen-bond donors (Lipinski definition) is 1. The minimum absolute atomic E-state index is 0.208. The normalized spacial score (nSPS) is 27.9. The number of hydrogen-bond acceptors (Lipinski definition) is 3. The Kier molecular flexibility index (Phi) is 4.11. The Morgan fingerprint density at radius 2 is 2.05 bits per heavy atom. The summed E-state index contributed by atoms with van der Waals surface area (Å²) >= 11 is 0. The number of nitrogens with zero attached hydrogens (tertiary/aromatic N) is 2. The van der Waals surface area contributed by atoms with Crippen molar-refractivity contribution in [1.82, 2.24) is 9.80 Å². The Bertz CT molecular complexity index is 429. The van der Waals surface area contributed by atoms with Gasteiger partial charge in [-0.1, -0.05) is 36.8 Å². The first-order valence-corrected chi connectivity index (χ1v) is 7.93. The van der Waals surface area contributed by atoms with Gasteiger partial charge in [-0.2, -0.15) is 0 Å². The molecule has 0 bridgehead atoms. The molecule has 1 unspecified atom stereocenters. The van der Waals surface area contributed by atoms with E-state index in [1.807, 2.05) is 0 Å². The van der Waals surface area contributed by atoms with Gasteiger partial charge in [-0.15, -0.1) is 0 Å². The molecule has 3 rings (SSSR count). The molecule has 1 aliphatic heterocycles. The summed E-state index contributed by atoms with van der Waals surface area (Å²) in [6.07, 6.45) is 5.32. The van der Waals surface area contributed by atoms with Crippen LogP contribution in [0, 0.1) is 0 Å². The summed E-state index contributed by atoms with van der Waals surface area (Å²) in [6.45, 7) is 4.13. The van der Waals surface area contributed by atoms with Crippen LogP contribution in [0.4, 0.5) is 0 Å². The molecular formula is C17H27N3. The van der Waals surface area contributed by atoms with Crippen LogP contribution in [0.1, 0.15) is 31.2 Å². The van der Waals surface area contributed by atoms with Crippen LogP contribution in [-0.4, -0.2) is 48.1 Å². The lowest BCUT2D eigenvalue weighted by Gasteiger charge is -2.46. The van der Waals surface area contributed by atoms with Crippen LogP contribution in [-0.2, 0) is 6.54 Å². The topological polar surface area (TPSA) is 32.5 Å². The quantitative estimate of drug-likeness (QED) is 0.891. The maximum absolute atomic E-state index is 6.17.